The van der Waals surface area contributed by atoms with Crippen molar-refractivity contribution in [3.05, 3.63) is 17.7 Å². The summed E-state index contributed by atoms with van der Waals surface area (Å²) < 4.78 is 21.1. The number of carbonyl (C=O) groups excluding carboxylic acids is 2. The zero-order valence-electron chi connectivity index (χ0n) is 13.9. The lowest BCUT2D eigenvalue weighted by Gasteiger charge is -2.17. The summed E-state index contributed by atoms with van der Waals surface area (Å²) in [6, 6.07) is 3.12. The van der Waals surface area contributed by atoms with Crippen LogP contribution in [0.25, 0.3) is 0 Å². The molecule has 0 aliphatic heterocycles. The minimum absolute atomic E-state index is 0.212. The molecule has 0 aliphatic carbocycles. The lowest BCUT2D eigenvalue weighted by atomic mass is 10.1. The summed E-state index contributed by atoms with van der Waals surface area (Å²) in [6.45, 7) is 6.57. The molecule has 0 radical (unpaired) electrons. The number of benzene rings is 1. The maximum absolute atomic E-state index is 12.2. The molecular weight excluding hydrogens is 302 g/mol. The molecule has 0 unspecified atom stereocenters. The lowest BCUT2D eigenvalue weighted by molar-refractivity contribution is -0.139. The van der Waals surface area contributed by atoms with Gasteiger partial charge >= 0.3 is 5.97 Å². The maximum atomic E-state index is 12.2. The highest BCUT2D eigenvalue weighted by Crippen LogP contribution is 2.39. The van der Waals surface area contributed by atoms with Gasteiger partial charge in [-0.15, -0.1) is 0 Å². The molecule has 7 heteroatoms. The number of amides is 1. The number of rotatable bonds is 9. The summed E-state index contributed by atoms with van der Waals surface area (Å²) in [5.41, 5.74) is 0.309. The van der Waals surface area contributed by atoms with Gasteiger partial charge in [-0.3, -0.25) is 9.59 Å². The topological polar surface area (TPSA) is 83.1 Å². The van der Waals surface area contributed by atoms with Gasteiger partial charge in [0.25, 0.3) is 5.91 Å². The molecule has 1 amide bonds. The molecule has 7 nitrogen and oxygen atoms in total. The fraction of sp³-hybridized carbons (Fsp3) is 0.500. The van der Waals surface area contributed by atoms with Crippen LogP contribution in [0.15, 0.2) is 12.1 Å². The van der Waals surface area contributed by atoms with Gasteiger partial charge in [0.1, 0.15) is 6.54 Å². The molecule has 0 bridgehead atoms. The summed E-state index contributed by atoms with van der Waals surface area (Å²) >= 11 is 0. The van der Waals surface area contributed by atoms with Crippen LogP contribution in [-0.4, -0.2) is 45.4 Å². The quantitative estimate of drug-likeness (QED) is 0.697. The molecule has 0 fully saturated rings. The number of hydrogen-bond donors (Lipinski definition) is 1. The third-order valence-corrected chi connectivity index (χ3v) is 2.79. The minimum atomic E-state index is -0.528. The van der Waals surface area contributed by atoms with Crippen molar-refractivity contribution in [3.8, 4) is 17.2 Å². The van der Waals surface area contributed by atoms with Gasteiger partial charge in [0.2, 0.25) is 5.75 Å². The minimum Gasteiger partial charge on any atom is -0.490 e. The van der Waals surface area contributed by atoms with E-state index in [-0.39, 0.29) is 6.54 Å². The zero-order chi connectivity index (χ0) is 17.2. The highest BCUT2D eigenvalue weighted by atomic mass is 16.5. The lowest BCUT2D eigenvalue weighted by Crippen LogP contribution is -2.30. The van der Waals surface area contributed by atoms with Crippen LogP contribution >= 0.6 is 0 Å². The summed E-state index contributed by atoms with van der Waals surface area (Å²) in [5.74, 6) is 0.340. The molecule has 0 spiro atoms. The van der Waals surface area contributed by atoms with E-state index in [9.17, 15) is 9.59 Å². The van der Waals surface area contributed by atoms with Gasteiger partial charge in [-0.25, -0.2) is 0 Å². The van der Waals surface area contributed by atoms with Crippen molar-refractivity contribution in [3.63, 3.8) is 0 Å². The Kier molecular flexibility index (Phi) is 7.73. The van der Waals surface area contributed by atoms with Gasteiger partial charge in [0, 0.05) is 5.56 Å². The molecule has 1 aromatic rings. The van der Waals surface area contributed by atoms with Gasteiger partial charge in [-0.05, 0) is 32.9 Å². The van der Waals surface area contributed by atoms with Crippen LogP contribution < -0.4 is 19.5 Å². The molecule has 1 aromatic carbocycles. The number of esters is 1. The second kappa shape index (κ2) is 9.55. The van der Waals surface area contributed by atoms with Crippen LogP contribution in [0.4, 0.5) is 0 Å². The van der Waals surface area contributed by atoms with E-state index >= 15 is 0 Å². The van der Waals surface area contributed by atoms with E-state index in [1.807, 2.05) is 20.8 Å². The largest absolute Gasteiger partial charge is 0.490 e. The van der Waals surface area contributed by atoms with Gasteiger partial charge in [-0.1, -0.05) is 0 Å². The first-order valence-corrected chi connectivity index (χ1v) is 7.48. The first-order valence-electron chi connectivity index (χ1n) is 7.48. The predicted octanol–water partition coefficient (Wildman–Crippen LogP) is 1.79. The molecule has 0 heterocycles. The van der Waals surface area contributed by atoms with Crippen molar-refractivity contribution in [2.75, 3.05) is 33.5 Å². The number of ether oxygens (including phenoxy) is 4. The summed E-state index contributed by atoms with van der Waals surface area (Å²) in [4.78, 5) is 23.3. The highest BCUT2D eigenvalue weighted by molar-refractivity contribution is 5.97. The van der Waals surface area contributed by atoms with Crippen LogP contribution in [-0.2, 0) is 9.53 Å². The zero-order valence-corrected chi connectivity index (χ0v) is 13.9. The van der Waals surface area contributed by atoms with Crippen molar-refractivity contribution >= 4 is 11.9 Å². The van der Waals surface area contributed by atoms with Crippen LogP contribution in [0.3, 0.4) is 0 Å². The number of hydrogen-bond acceptors (Lipinski definition) is 6. The monoisotopic (exact) mass is 325 g/mol. The van der Waals surface area contributed by atoms with E-state index in [0.29, 0.717) is 42.6 Å². The number of nitrogens with one attached hydrogen (secondary N) is 1. The number of carbonyl (C=O) groups is 2. The van der Waals surface area contributed by atoms with Crippen LogP contribution in [0.1, 0.15) is 31.1 Å². The molecule has 0 saturated carbocycles. The van der Waals surface area contributed by atoms with E-state index < -0.39 is 11.9 Å². The molecule has 1 N–H and O–H groups in total. The molecular formula is C16H23NO6. The van der Waals surface area contributed by atoms with E-state index in [2.05, 4.69) is 10.1 Å². The smallest absolute Gasteiger partial charge is 0.325 e. The van der Waals surface area contributed by atoms with Crippen LogP contribution in [0.5, 0.6) is 17.2 Å². The predicted molar refractivity (Wildman–Crippen MR) is 84.3 cm³/mol. The summed E-state index contributed by atoms with van der Waals surface area (Å²) in [5, 5.41) is 2.47. The average Bonchev–Trinajstić information content (AvgIpc) is 2.55. The molecule has 0 aliphatic rings. The van der Waals surface area contributed by atoms with Gasteiger partial charge in [0.05, 0.1) is 26.9 Å². The first kappa shape index (κ1) is 18.6. The second-order valence-corrected chi connectivity index (χ2v) is 4.36. The Morgan fingerprint density at radius 3 is 1.91 bits per heavy atom. The molecule has 0 atom stereocenters. The van der Waals surface area contributed by atoms with Crippen LogP contribution in [0.2, 0.25) is 0 Å². The third kappa shape index (κ3) is 5.36. The van der Waals surface area contributed by atoms with Gasteiger partial charge in [0.15, 0.2) is 11.5 Å². The molecule has 128 valence electrons. The van der Waals surface area contributed by atoms with Crippen molar-refractivity contribution in [1.29, 1.82) is 0 Å². The SMILES string of the molecule is CCOc1cc(C(=O)NCC(=O)OC)cc(OCC)c1OCC. The Balaban J connectivity index is 3.11. The standard InChI is InChI=1S/C16H23NO6/c1-5-21-12-8-11(16(19)17-10-14(18)20-4)9-13(22-6-2)15(12)23-7-3/h8-9H,5-7,10H2,1-4H3,(H,17,19). The van der Waals surface area contributed by atoms with Crippen molar-refractivity contribution in [2.24, 2.45) is 0 Å². The summed E-state index contributed by atoms with van der Waals surface area (Å²) in [7, 11) is 1.26. The Labute approximate surface area is 135 Å². The van der Waals surface area contributed by atoms with Crippen molar-refractivity contribution < 1.29 is 28.5 Å². The van der Waals surface area contributed by atoms with Gasteiger partial charge in [-0.2, -0.15) is 0 Å². The van der Waals surface area contributed by atoms with E-state index in [4.69, 9.17) is 14.2 Å². The van der Waals surface area contributed by atoms with Crippen molar-refractivity contribution in [1.82, 2.24) is 5.32 Å². The molecule has 0 saturated heterocycles. The van der Waals surface area contributed by atoms with Crippen LogP contribution in [0, 0.1) is 0 Å². The van der Waals surface area contributed by atoms with E-state index in [1.165, 1.54) is 7.11 Å². The first-order chi connectivity index (χ1) is 11.1. The fourth-order valence-corrected chi connectivity index (χ4v) is 1.85. The Morgan fingerprint density at radius 2 is 1.48 bits per heavy atom. The number of methoxy groups -OCH3 is 1. The normalized spacial score (nSPS) is 9.91. The Bertz CT molecular complexity index is 516. The van der Waals surface area contributed by atoms with E-state index in [0.717, 1.165) is 0 Å². The second-order valence-electron chi connectivity index (χ2n) is 4.36. The highest BCUT2D eigenvalue weighted by Gasteiger charge is 2.18. The van der Waals surface area contributed by atoms with Crippen molar-refractivity contribution in [2.45, 2.75) is 20.8 Å². The third-order valence-electron chi connectivity index (χ3n) is 2.79. The Morgan fingerprint density at radius 1 is 0.957 bits per heavy atom. The molecule has 0 aromatic heterocycles. The summed E-state index contributed by atoms with van der Waals surface area (Å²) in [6.07, 6.45) is 0. The molecule has 1 rings (SSSR count). The van der Waals surface area contributed by atoms with Gasteiger partial charge < -0.3 is 24.3 Å². The maximum Gasteiger partial charge on any atom is 0.325 e. The fourth-order valence-electron chi connectivity index (χ4n) is 1.85. The molecule has 23 heavy (non-hydrogen) atoms. The Hall–Kier alpha value is -2.44. The average molecular weight is 325 g/mol. The van der Waals surface area contributed by atoms with E-state index in [1.54, 1.807) is 12.1 Å².